The second kappa shape index (κ2) is 3.56. The minimum atomic E-state index is -0.00572. The average Bonchev–Trinajstić information content (AvgIpc) is 2.79. The van der Waals surface area contributed by atoms with Gasteiger partial charge in [-0.05, 0) is 18.3 Å². The lowest BCUT2D eigenvalue weighted by atomic mass is 10.1. The van der Waals surface area contributed by atoms with Crippen LogP contribution in [0.3, 0.4) is 0 Å². The first-order chi connectivity index (χ1) is 8.14. The summed E-state index contributed by atoms with van der Waals surface area (Å²) in [7, 11) is 0. The third kappa shape index (κ3) is 1.56. The van der Waals surface area contributed by atoms with Crippen molar-refractivity contribution in [1.29, 1.82) is 5.26 Å². The van der Waals surface area contributed by atoms with E-state index in [2.05, 4.69) is 30.1 Å². The summed E-state index contributed by atoms with van der Waals surface area (Å²) in [6, 6.07) is 2.33. The largest absolute Gasteiger partial charge is 0.339 e. The maximum atomic E-state index is 9.05. The van der Waals surface area contributed by atoms with Crippen molar-refractivity contribution in [3.8, 4) is 6.07 Å². The molecule has 1 aromatic rings. The van der Waals surface area contributed by atoms with Crippen LogP contribution in [0.25, 0.3) is 0 Å². The van der Waals surface area contributed by atoms with Crippen LogP contribution in [0, 0.1) is 22.7 Å². The molecule has 0 radical (unpaired) electrons. The summed E-state index contributed by atoms with van der Waals surface area (Å²) in [5, 5.41) is 13.2. The molecule has 4 nitrogen and oxygen atoms in total. The standard InChI is InChI=1S/C13H17N3O/c1-13(2)9(7-14)10(13)12-15-11(16-17-12)8-5-3-4-6-8/h8-10H,3-6H2,1-2H3. The van der Waals surface area contributed by atoms with Gasteiger partial charge >= 0.3 is 0 Å². The number of aromatic nitrogens is 2. The maximum absolute atomic E-state index is 9.05. The van der Waals surface area contributed by atoms with Gasteiger partial charge in [0.05, 0.1) is 17.9 Å². The van der Waals surface area contributed by atoms with Crippen LogP contribution < -0.4 is 0 Å². The Balaban J connectivity index is 1.80. The molecule has 2 aliphatic carbocycles. The Morgan fingerprint density at radius 1 is 1.35 bits per heavy atom. The van der Waals surface area contributed by atoms with Crippen LogP contribution in [0.4, 0.5) is 0 Å². The molecule has 4 heteroatoms. The van der Waals surface area contributed by atoms with Gasteiger partial charge in [0, 0.05) is 5.92 Å². The van der Waals surface area contributed by atoms with Crippen LogP contribution in [0.5, 0.6) is 0 Å². The first kappa shape index (κ1) is 10.8. The highest BCUT2D eigenvalue weighted by atomic mass is 16.5. The molecule has 0 aromatic carbocycles. The first-order valence-electron chi connectivity index (χ1n) is 6.37. The van der Waals surface area contributed by atoms with Crippen LogP contribution in [-0.4, -0.2) is 10.1 Å². The zero-order chi connectivity index (χ0) is 12.0. The zero-order valence-corrected chi connectivity index (χ0v) is 10.3. The molecule has 2 saturated carbocycles. The molecule has 0 amide bonds. The molecule has 17 heavy (non-hydrogen) atoms. The zero-order valence-electron chi connectivity index (χ0n) is 10.3. The molecule has 0 saturated heterocycles. The Morgan fingerprint density at radius 2 is 2.06 bits per heavy atom. The van der Waals surface area contributed by atoms with Crippen LogP contribution in [-0.2, 0) is 0 Å². The van der Waals surface area contributed by atoms with Gasteiger partial charge in [-0.15, -0.1) is 0 Å². The van der Waals surface area contributed by atoms with Crippen LogP contribution in [0.1, 0.15) is 63.1 Å². The average molecular weight is 231 g/mol. The smallest absolute Gasteiger partial charge is 0.231 e. The fourth-order valence-corrected chi connectivity index (χ4v) is 3.06. The van der Waals surface area contributed by atoms with E-state index in [-0.39, 0.29) is 17.3 Å². The fourth-order valence-electron chi connectivity index (χ4n) is 3.06. The van der Waals surface area contributed by atoms with Crippen molar-refractivity contribution < 1.29 is 4.52 Å². The Hall–Kier alpha value is -1.37. The van der Waals surface area contributed by atoms with Gasteiger partial charge in [0.2, 0.25) is 5.89 Å². The van der Waals surface area contributed by atoms with E-state index in [0.717, 1.165) is 5.82 Å². The van der Waals surface area contributed by atoms with Crippen LogP contribution in [0.2, 0.25) is 0 Å². The Morgan fingerprint density at radius 3 is 2.65 bits per heavy atom. The van der Waals surface area contributed by atoms with E-state index < -0.39 is 0 Å². The van der Waals surface area contributed by atoms with Crippen molar-refractivity contribution >= 4 is 0 Å². The topological polar surface area (TPSA) is 62.7 Å². The van der Waals surface area contributed by atoms with Gasteiger partial charge in [-0.25, -0.2) is 0 Å². The summed E-state index contributed by atoms with van der Waals surface area (Å²) in [5.41, 5.74) is -0.00572. The third-order valence-electron chi connectivity index (χ3n) is 4.41. The van der Waals surface area contributed by atoms with Gasteiger partial charge in [0.25, 0.3) is 0 Å². The molecule has 0 aliphatic heterocycles. The summed E-state index contributed by atoms with van der Waals surface area (Å²) in [6.07, 6.45) is 4.89. The molecule has 2 atom stereocenters. The number of nitrogens with zero attached hydrogens (tertiary/aromatic N) is 3. The van der Waals surface area contributed by atoms with Gasteiger partial charge < -0.3 is 4.52 Å². The highest BCUT2D eigenvalue weighted by Gasteiger charge is 2.62. The summed E-state index contributed by atoms with van der Waals surface area (Å²) < 4.78 is 5.36. The molecule has 2 fully saturated rings. The van der Waals surface area contributed by atoms with E-state index in [1.54, 1.807) is 0 Å². The summed E-state index contributed by atoms with van der Waals surface area (Å²) in [6.45, 7) is 4.18. The number of nitriles is 1. The molecular formula is C13H17N3O. The lowest BCUT2D eigenvalue weighted by Crippen LogP contribution is -1.95. The molecule has 0 spiro atoms. The fraction of sp³-hybridized carbons (Fsp3) is 0.769. The predicted octanol–water partition coefficient (Wildman–Crippen LogP) is 2.99. The lowest BCUT2D eigenvalue weighted by Gasteiger charge is -1.99. The van der Waals surface area contributed by atoms with Crippen molar-refractivity contribution in [1.82, 2.24) is 10.1 Å². The van der Waals surface area contributed by atoms with Gasteiger partial charge in [-0.2, -0.15) is 10.2 Å². The lowest BCUT2D eigenvalue weighted by molar-refractivity contribution is 0.360. The molecular weight excluding hydrogens is 214 g/mol. The van der Waals surface area contributed by atoms with Gasteiger partial charge in [-0.3, -0.25) is 0 Å². The number of hydrogen-bond acceptors (Lipinski definition) is 4. The van der Waals surface area contributed by atoms with Crippen molar-refractivity contribution in [3.63, 3.8) is 0 Å². The molecule has 2 aliphatic rings. The second-order valence-electron chi connectivity index (χ2n) is 5.88. The molecule has 3 rings (SSSR count). The maximum Gasteiger partial charge on any atom is 0.231 e. The number of rotatable bonds is 2. The monoisotopic (exact) mass is 231 g/mol. The highest BCUT2D eigenvalue weighted by molar-refractivity contribution is 5.26. The summed E-state index contributed by atoms with van der Waals surface area (Å²) in [5.74, 6) is 2.17. The molecule has 2 unspecified atom stereocenters. The summed E-state index contributed by atoms with van der Waals surface area (Å²) in [4.78, 5) is 4.52. The predicted molar refractivity (Wildman–Crippen MR) is 61.1 cm³/mol. The normalized spacial score (nSPS) is 31.4. The van der Waals surface area contributed by atoms with E-state index in [4.69, 9.17) is 9.78 Å². The molecule has 1 aromatic heterocycles. The SMILES string of the molecule is CC1(C)C(C#N)C1c1nc(C2CCCC2)no1. The Labute approximate surface area is 101 Å². The van der Waals surface area contributed by atoms with Crippen LogP contribution in [0.15, 0.2) is 4.52 Å². The minimum absolute atomic E-state index is 0.00572. The molecule has 1 heterocycles. The van der Waals surface area contributed by atoms with Gasteiger partial charge in [0.15, 0.2) is 5.82 Å². The third-order valence-corrected chi connectivity index (χ3v) is 4.41. The van der Waals surface area contributed by atoms with E-state index in [0.29, 0.717) is 11.8 Å². The van der Waals surface area contributed by atoms with Crippen molar-refractivity contribution in [2.45, 2.75) is 51.4 Å². The molecule has 0 N–H and O–H groups in total. The van der Waals surface area contributed by atoms with Crippen molar-refractivity contribution in [2.75, 3.05) is 0 Å². The van der Waals surface area contributed by atoms with E-state index in [1.165, 1.54) is 25.7 Å². The number of hydrogen-bond donors (Lipinski definition) is 0. The van der Waals surface area contributed by atoms with Crippen molar-refractivity contribution in [2.24, 2.45) is 11.3 Å². The summed E-state index contributed by atoms with van der Waals surface area (Å²) >= 11 is 0. The van der Waals surface area contributed by atoms with Crippen LogP contribution >= 0.6 is 0 Å². The van der Waals surface area contributed by atoms with Gasteiger partial charge in [-0.1, -0.05) is 31.8 Å². The minimum Gasteiger partial charge on any atom is -0.339 e. The second-order valence-corrected chi connectivity index (χ2v) is 5.88. The molecule has 90 valence electrons. The quantitative estimate of drug-likeness (QED) is 0.785. The first-order valence-corrected chi connectivity index (χ1v) is 6.37. The van der Waals surface area contributed by atoms with E-state index in [9.17, 15) is 0 Å². The van der Waals surface area contributed by atoms with E-state index >= 15 is 0 Å². The van der Waals surface area contributed by atoms with Crippen molar-refractivity contribution in [3.05, 3.63) is 11.7 Å². The Bertz CT molecular complexity index is 465. The van der Waals surface area contributed by atoms with E-state index in [1.807, 2.05) is 0 Å². The van der Waals surface area contributed by atoms with Gasteiger partial charge in [0.1, 0.15) is 0 Å². The Kier molecular flexibility index (Phi) is 2.25. The highest BCUT2D eigenvalue weighted by Crippen LogP contribution is 2.63. The molecule has 0 bridgehead atoms.